The van der Waals surface area contributed by atoms with Gasteiger partial charge in [-0.25, -0.2) is 4.39 Å². The Hall–Kier alpha value is -2.73. The number of rotatable bonds is 4. The maximum Gasteiger partial charge on any atom is 0.313 e. The summed E-state index contributed by atoms with van der Waals surface area (Å²) in [6, 6.07) is 11.3. The van der Waals surface area contributed by atoms with Gasteiger partial charge in [-0.1, -0.05) is 24.3 Å². The molecule has 0 aromatic heterocycles. The quantitative estimate of drug-likeness (QED) is 0.752. The molecule has 2 aromatic carbocycles. The summed E-state index contributed by atoms with van der Waals surface area (Å²) in [5.74, 6) is -2.14. The maximum atomic E-state index is 13.2. The van der Waals surface area contributed by atoms with E-state index in [1.165, 1.54) is 18.2 Å². The van der Waals surface area contributed by atoms with E-state index in [1.54, 1.807) is 19.1 Å². The molecular weight excluding hydrogens is 311 g/mol. The number of halogens is 1. The molecule has 0 saturated heterocycles. The first-order valence-electron chi connectivity index (χ1n) is 7.47. The molecule has 0 bridgehead atoms. The lowest BCUT2D eigenvalue weighted by molar-refractivity contribution is -0.136. The molecule has 6 heteroatoms. The molecule has 1 unspecified atom stereocenters. The summed E-state index contributed by atoms with van der Waals surface area (Å²) < 4.78 is 13.2. The third kappa shape index (κ3) is 4.39. The zero-order valence-corrected chi connectivity index (χ0v) is 13.5. The van der Waals surface area contributed by atoms with Gasteiger partial charge in [0.05, 0.1) is 6.10 Å². The van der Waals surface area contributed by atoms with Crippen LogP contribution in [0.1, 0.15) is 22.8 Å². The van der Waals surface area contributed by atoms with E-state index in [2.05, 4.69) is 10.6 Å². The van der Waals surface area contributed by atoms with Gasteiger partial charge in [-0.15, -0.1) is 0 Å². The third-order valence-electron chi connectivity index (χ3n) is 3.63. The van der Waals surface area contributed by atoms with Crippen molar-refractivity contribution >= 4 is 17.5 Å². The van der Waals surface area contributed by atoms with Gasteiger partial charge in [0.25, 0.3) is 0 Å². The molecule has 24 heavy (non-hydrogen) atoms. The molecule has 126 valence electrons. The molecule has 2 rings (SSSR count). The van der Waals surface area contributed by atoms with Gasteiger partial charge in [0, 0.05) is 12.2 Å². The zero-order valence-electron chi connectivity index (χ0n) is 13.5. The van der Waals surface area contributed by atoms with Crippen molar-refractivity contribution in [3.05, 3.63) is 65.0 Å². The molecule has 0 fully saturated rings. The minimum atomic E-state index is -0.906. The fourth-order valence-corrected chi connectivity index (χ4v) is 2.25. The summed E-state index contributed by atoms with van der Waals surface area (Å²) in [6.07, 6.45) is -0.906. The third-order valence-corrected chi connectivity index (χ3v) is 3.63. The van der Waals surface area contributed by atoms with Crippen LogP contribution in [0.25, 0.3) is 0 Å². The fraction of sp³-hybridized carbons (Fsp3) is 0.222. The Balaban J connectivity index is 1.91. The number of hydrogen-bond donors (Lipinski definition) is 3. The summed E-state index contributed by atoms with van der Waals surface area (Å²) in [6.45, 7) is 3.33. The van der Waals surface area contributed by atoms with Gasteiger partial charge in [0.1, 0.15) is 5.82 Å². The van der Waals surface area contributed by atoms with Gasteiger partial charge in [0.2, 0.25) is 0 Å². The van der Waals surface area contributed by atoms with Crippen molar-refractivity contribution in [1.82, 2.24) is 5.32 Å². The van der Waals surface area contributed by atoms with Crippen LogP contribution in [-0.4, -0.2) is 23.5 Å². The maximum absolute atomic E-state index is 13.2. The molecule has 0 spiro atoms. The molecule has 0 radical (unpaired) electrons. The number of benzene rings is 2. The van der Waals surface area contributed by atoms with Crippen LogP contribution in [0.15, 0.2) is 42.5 Å². The van der Waals surface area contributed by atoms with Gasteiger partial charge in [-0.3, -0.25) is 9.59 Å². The van der Waals surface area contributed by atoms with Gasteiger partial charge >= 0.3 is 11.8 Å². The number of nitrogens with one attached hydrogen (secondary N) is 2. The summed E-state index contributed by atoms with van der Waals surface area (Å²) in [5, 5.41) is 14.9. The lowest BCUT2D eigenvalue weighted by Gasteiger charge is -2.14. The second kappa shape index (κ2) is 7.70. The average Bonchev–Trinajstić information content (AvgIpc) is 2.56. The lowest BCUT2D eigenvalue weighted by Crippen LogP contribution is -2.37. The molecule has 0 aliphatic rings. The standard InChI is InChI=1S/C18H19FN2O3/c1-11-5-3-4-6-14(11)16(22)10-20-17(23)18(24)21-13-7-8-15(19)12(2)9-13/h3-9,16,22H,10H2,1-2H3,(H,20,23)(H,21,24). The minimum absolute atomic E-state index is 0.0838. The number of aliphatic hydroxyl groups excluding tert-OH is 1. The van der Waals surface area contributed by atoms with E-state index in [0.29, 0.717) is 16.8 Å². The minimum Gasteiger partial charge on any atom is -0.387 e. The van der Waals surface area contributed by atoms with Gasteiger partial charge in [-0.05, 0) is 48.7 Å². The van der Waals surface area contributed by atoms with Crippen molar-refractivity contribution < 1.29 is 19.1 Å². The van der Waals surface area contributed by atoms with Crippen molar-refractivity contribution in [2.75, 3.05) is 11.9 Å². The van der Waals surface area contributed by atoms with Crippen LogP contribution < -0.4 is 10.6 Å². The van der Waals surface area contributed by atoms with Crippen molar-refractivity contribution in [3.8, 4) is 0 Å². The molecule has 0 heterocycles. The number of carbonyl (C=O) groups excluding carboxylic acids is 2. The molecule has 3 N–H and O–H groups in total. The smallest absolute Gasteiger partial charge is 0.313 e. The monoisotopic (exact) mass is 330 g/mol. The van der Waals surface area contributed by atoms with Crippen molar-refractivity contribution in [2.45, 2.75) is 20.0 Å². The zero-order chi connectivity index (χ0) is 17.7. The van der Waals surface area contributed by atoms with Crippen LogP contribution in [0.4, 0.5) is 10.1 Å². The highest BCUT2D eigenvalue weighted by Crippen LogP contribution is 2.16. The summed E-state index contributed by atoms with van der Waals surface area (Å²) in [5.41, 5.74) is 2.27. The second-order valence-electron chi connectivity index (χ2n) is 5.50. The normalized spacial score (nSPS) is 11.7. The van der Waals surface area contributed by atoms with Gasteiger partial charge in [-0.2, -0.15) is 0 Å². The first-order chi connectivity index (χ1) is 11.4. The summed E-state index contributed by atoms with van der Waals surface area (Å²) >= 11 is 0. The van der Waals surface area contributed by atoms with Crippen molar-refractivity contribution in [3.63, 3.8) is 0 Å². The van der Waals surface area contributed by atoms with E-state index < -0.39 is 17.9 Å². The van der Waals surface area contributed by atoms with Crippen molar-refractivity contribution in [1.29, 1.82) is 0 Å². The Morgan fingerprint density at radius 2 is 1.79 bits per heavy atom. The van der Waals surface area contributed by atoms with Crippen LogP contribution in [0.3, 0.4) is 0 Å². The van der Waals surface area contributed by atoms with E-state index in [9.17, 15) is 19.1 Å². The number of aryl methyl sites for hydroxylation is 2. The van der Waals surface area contributed by atoms with E-state index in [-0.39, 0.29) is 12.4 Å². The molecule has 2 amide bonds. The summed E-state index contributed by atoms with van der Waals surface area (Å²) in [4.78, 5) is 23.6. The lowest BCUT2D eigenvalue weighted by atomic mass is 10.0. The average molecular weight is 330 g/mol. The highest BCUT2D eigenvalue weighted by Gasteiger charge is 2.17. The molecular formula is C18H19FN2O3. The van der Waals surface area contributed by atoms with Crippen LogP contribution >= 0.6 is 0 Å². The number of hydrogen-bond acceptors (Lipinski definition) is 3. The van der Waals surface area contributed by atoms with Crippen LogP contribution in [0, 0.1) is 19.7 Å². The van der Waals surface area contributed by atoms with Crippen LogP contribution in [-0.2, 0) is 9.59 Å². The molecule has 1 atom stereocenters. The van der Waals surface area contributed by atoms with Crippen LogP contribution in [0.2, 0.25) is 0 Å². The molecule has 2 aromatic rings. The Kier molecular flexibility index (Phi) is 5.65. The predicted octanol–water partition coefficient (Wildman–Crippen LogP) is 2.23. The number of anilines is 1. The van der Waals surface area contributed by atoms with Gasteiger partial charge in [0.15, 0.2) is 0 Å². The highest BCUT2D eigenvalue weighted by molar-refractivity contribution is 6.39. The van der Waals surface area contributed by atoms with E-state index in [1.807, 2.05) is 19.1 Å². The molecule has 0 saturated carbocycles. The molecule has 0 aliphatic heterocycles. The second-order valence-corrected chi connectivity index (χ2v) is 5.50. The Morgan fingerprint density at radius 3 is 2.46 bits per heavy atom. The van der Waals surface area contributed by atoms with Crippen LogP contribution in [0.5, 0.6) is 0 Å². The number of carbonyl (C=O) groups is 2. The topological polar surface area (TPSA) is 78.4 Å². The number of aliphatic hydroxyl groups is 1. The Bertz CT molecular complexity index is 762. The first kappa shape index (κ1) is 17.6. The van der Waals surface area contributed by atoms with Crippen molar-refractivity contribution in [2.24, 2.45) is 0 Å². The summed E-state index contributed by atoms with van der Waals surface area (Å²) in [7, 11) is 0. The first-order valence-corrected chi connectivity index (χ1v) is 7.47. The van der Waals surface area contributed by atoms with E-state index >= 15 is 0 Å². The fourth-order valence-electron chi connectivity index (χ4n) is 2.25. The number of amides is 2. The molecule has 0 aliphatic carbocycles. The van der Waals surface area contributed by atoms with Gasteiger partial charge < -0.3 is 15.7 Å². The largest absolute Gasteiger partial charge is 0.387 e. The Morgan fingerprint density at radius 1 is 1.08 bits per heavy atom. The van der Waals surface area contributed by atoms with E-state index in [4.69, 9.17) is 0 Å². The highest BCUT2D eigenvalue weighted by atomic mass is 19.1. The molecule has 5 nitrogen and oxygen atoms in total. The van der Waals surface area contributed by atoms with E-state index in [0.717, 1.165) is 5.56 Å². The Labute approximate surface area is 139 Å². The predicted molar refractivity (Wildman–Crippen MR) is 88.9 cm³/mol. The SMILES string of the molecule is Cc1cc(NC(=O)C(=O)NCC(O)c2ccccc2C)ccc1F.